The van der Waals surface area contributed by atoms with E-state index in [0.717, 1.165) is 25.9 Å². The monoisotopic (exact) mass is 318 g/mol. The van der Waals surface area contributed by atoms with Gasteiger partial charge in [0.25, 0.3) is 0 Å². The third-order valence-electron chi connectivity index (χ3n) is 4.80. The third kappa shape index (κ3) is 2.48. The fourth-order valence-corrected chi connectivity index (χ4v) is 4.68. The van der Waals surface area contributed by atoms with E-state index >= 15 is 0 Å². The molecule has 3 rings (SSSR count). The molecule has 1 aliphatic carbocycles. The van der Waals surface area contributed by atoms with E-state index in [2.05, 4.69) is 26.1 Å². The van der Waals surface area contributed by atoms with Crippen molar-refractivity contribution in [3.63, 3.8) is 0 Å². The lowest BCUT2D eigenvalue weighted by atomic mass is 9.79. The molecule has 0 amide bonds. The second-order valence-corrected chi connectivity index (χ2v) is 7.36. The minimum Gasteiger partial charge on any atom is -0.393 e. The zero-order valence-electron chi connectivity index (χ0n) is 10.6. The molecule has 3 fully saturated rings. The molecule has 0 aromatic heterocycles. The molecule has 0 aromatic carbocycles. The number of rotatable bonds is 1. The van der Waals surface area contributed by atoms with Crippen molar-refractivity contribution in [2.75, 3.05) is 13.1 Å². The third-order valence-corrected chi connectivity index (χ3v) is 5.55. The molecule has 1 saturated carbocycles. The molecule has 3 aliphatic rings. The van der Waals surface area contributed by atoms with Crippen molar-refractivity contribution in [2.45, 2.75) is 61.3 Å². The number of fused-ring (bicyclic) bond motifs is 1. The molecule has 0 bridgehead atoms. The lowest BCUT2D eigenvalue weighted by molar-refractivity contribution is -0.0338. The first-order valence-corrected chi connectivity index (χ1v) is 8.07. The number of aliphatic hydroxyl groups excluding tert-OH is 2. The molecule has 0 radical (unpaired) electrons. The van der Waals surface area contributed by atoms with Gasteiger partial charge in [0.1, 0.15) is 0 Å². The molecule has 5 heteroatoms. The van der Waals surface area contributed by atoms with E-state index in [1.807, 2.05) is 0 Å². The van der Waals surface area contributed by atoms with E-state index in [4.69, 9.17) is 0 Å². The van der Waals surface area contributed by atoms with Crippen LogP contribution in [0.5, 0.6) is 0 Å². The SMILES string of the molecule is OC1CC(Br)CC(O)C1C1CN2CCCCC2N1. The van der Waals surface area contributed by atoms with Gasteiger partial charge in [0.05, 0.1) is 18.4 Å². The van der Waals surface area contributed by atoms with E-state index in [-0.39, 0.29) is 16.8 Å². The van der Waals surface area contributed by atoms with E-state index in [0.29, 0.717) is 6.17 Å². The first-order valence-electron chi connectivity index (χ1n) is 7.15. The molecule has 104 valence electrons. The molecule has 0 spiro atoms. The van der Waals surface area contributed by atoms with Crippen LogP contribution < -0.4 is 5.32 Å². The highest BCUT2D eigenvalue weighted by atomic mass is 79.9. The number of alkyl halides is 1. The first kappa shape index (κ1) is 13.3. The van der Waals surface area contributed by atoms with E-state index in [1.165, 1.54) is 19.3 Å². The molecule has 2 aliphatic heterocycles. The molecular weight excluding hydrogens is 296 g/mol. The minimum atomic E-state index is -0.392. The van der Waals surface area contributed by atoms with E-state index in [9.17, 15) is 10.2 Å². The molecule has 4 nitrogen and oxygen atoms in total. The van der Waals surface area contributed by atoms with Crippen LogP contribution >= 0.6 is 15.9 Å². The largest absolute Gasteiger partial charge is 0.393 e. The van der Waals surface area contributed by atoms with E-state index in [1.54, 1.807) is 0 Å². The summed E-state index contributed by atoms with van der Waals surface area (Å²) in [6.45, 7) is 2.14. The normalized spacial score (nSPS) is 50.2. The number of nitrogens with zero attached hydrogens (tertiary/aromatic N) is 1. The van der Waals surface area contributed by atoms with Crippen LogP contribution in [0.4, 0.5) is 0 Å². The van der Waals surface area contributed by atoms with Crippen molar-refractivity contribution in [1.82, 2.24) is 10.2 Å². The number of hydrogen-bond acceptors (Lipinski definition) is 4. The molecule has 18 heavy (non-hydrogen) atoms. The zero-order valence-corrected chi connectivity index (χ0v) is 12.2. The molecule has 4 atom stereocenters. The number of piperidine rings is 1. The van der Waals surface area contributed by atoms with Crippen molar-refractivity contribution < 1.29 is 10.2 Å². The Balaban J connectivity index is 1.67. The Hall–Kier alpha value is 0.320. The van der Waals surface area contributed by atoms with Gasteiger partial charge in [-0.05, 0) is 38.6 Å². The van der Waals surface area contributed by atoms with Crippen molar-refractivity contribution in [2.24, 2.45) is 5.92 Å². The predicted molar refractivity (Wildman–Crippen MR) is 73.6 cm³/mol. The molecule has 4 unspecified atom stereocenters. The van der Waals surface area contributed by atoms with Gasteiger partial charge in [-0.15, -0.1) is 0 Å². The van der Waals surface area contributed by atoms with Crippen molar-refractivity contribution >= 4 is 15.9 Å². The summed E-state index contributed by atoms with van der Waals surface area (Å²) >= 11 is 3.52. The highest BCUT2D eigenvalue weighted by Gasteiger charge is 2.45. The van der Waals surface area contributed by atoms with Gasteiger partial charge in [0, 0.05) is 23.3 Å². The highest BCUT2D eigenvalue weighted by molar-refractivity contribution is 9.09. The summed E-state index contributed by atoms with van der Waals surface area (Å²) in [5.74, 6) is -0.00981. The number of hydrogen-bond donors (Lipinski definition) is 3. The lowest BCUT2D eigenvalue weighted by Gasteiger charge is -2.38. The number of aliphatic hydroxyl groups is 2. The summed E-state index contributed by atoms with van der Waals surface area (Å²) in [6.07, 6.45) is 4.98. The fraction of sp³-hybridized carbons (Fsp3) is 1.00. The lowest BCUT2D eigenvalue weighted by Crippen LogP contribution is -2.51. The minimum absolute atomic E-state index is 0.00981. The Morgan fingerprint density at radius 1 is 1.11 bits per heavy atom. The van der Waals surface area contributed by atoms with Crippen LogP contribution in [0.3, 0.4) is 0 Å². The maximum absolute atomic E-state index is 10.3. The molecule has 0 aromatic rings. The van der Waals surface area contributed by atoms with Gasteiger partial charge < -0.3 is 10.2 Å². The molecule has 2 saturated heterocycles. The number of nitrogens with one attached hydrogen (secondary N) is 1. The van der Waals surface area contributed by atoms with Gasteiger partial charge in [0.2, 0.25) is 0 Å². The summed E-state index contributed by atoms with van der Waals surface area (Å²) in [6, 6.07) is 0.248. The first-order chi connectivity index (χ1) is 8.65. The van der Waals surface area contributed by atoms with Gasteiger partial charge >= 0.3 is 0 Å². The molecular formula is C13H23BrN2O2. The van der Waals surface area contributed by atoms with Crippen LogP contribution in [0.15, 0.2) is 0 Å². The van der Waals surface area contributed by atoms with Crippen LogP contribution in [0, 0.1) is 5.92 Å². The summed E-state index contributed by atoms with van der Waals surface area (Å²) in [5.41, 5.74) is 0. The molecule has 2 heterocycles. The maximum atomic E-state index is 10.3. The number of halogens is 1. The quantitative estimate of drug-likeness (QED) is 0.622. The Labute approximate surface area is 117 Å². The van der Waals surface area contributed by atoms with Crippen LogP contribution in [0.1, 0.15) is 32.1 Å². The van der Waals surface area contributed by atoms with E-state index < -0.39 is 12.2 Å². The summed E-state index contributed by atoms with van der Waals surface area (Å²) in [5, 5.41) is 24.1. The molecule has 3 N–H and O–H groups in total. The van der Waals surface area contributed by atoms with Gasteiger partial charge in [-0.25, -0.2) is 0 Å². The predicted octanol–water partition coefficient (Wildman–Crippen LogP) is 0.665. The summed E-state index contributed by atoms with van der Waals surface area (Å²) < 4.78 is 0. The average Bonchev–Trinajstić information content (AvgIpc) is 2.70. The smallest absolute Gasteiger partial charge is 0.0619 e. The van der Waals surface area contributed by atoms with Gasteiger partial charge in [-0.3, -0.25) is 10.2 Å². The Kier molecular flexibility index (Phi) is 3.97. The van der Waals surface area contributed by atoms with Crippen LogP contribution in [0.25, 0.3) is 0 Å². The standard InChI is InChI=1S/C13H23BrN2O2/c14-8-5-10(17)13(11(18)6-8)9-7-16-4-2-1-3-12(16)15-9/h8-13,15,17-18H,1-7H2. The Morgan fingerprint density at radius 3 is 2.50 bits per heavy atom. The van der Waals surface area contributed by atoms with Gasteiger partial charge in [0.15, 0.2) is 0 Å². The fourth-order valence-electron chi connectivity index (χ4n) is 3.91. The summed E-state index contributed by atoms with van der Waals surface area (Å²) in [4.78, 5) is 2.73. The van der Waals surface area contributed by atoms with Crippen molar-refractivity contribution in [3.05, 3.63) is 0 Å². The van der Waals surface area contributed by atoms with Crippen molar-refractivity contribution in [1.29, 1.82) is 0 Å². The zero-order chi connectivity index (χ0) is 12.7. The average molecular weight is 319 g/mol. The topological polar surface area (TPSA) is 55.7 Å². The highest BCUT2D eigenvalue weighted by Crippen LogP contribution is 2.34. The van der Waals surface area contributed by atoms with Crippen LogP contribution in [-0.4, -0.2) is 57.4 Å². The van der Waals surface area contributed by atoms with Gasteiger partial charge in [-0.1, -0.05) is 15.9 Å². The second kappa shape index (κ2) is 5.37. The Bertz CT molecular complexity index is 279. The van der Waals surface area contributed by atoms with Gasteiger partial charge in [-0.2, -0.15) is 0 Å². The summed E-state index contributed by atoms with van der Waals surface area (Å²) in [7, 11) is 0. The van der Waals surface area contributed by atoms with Crippen molar-refractivity contribution in [3.8, 4) is 0 Å². The Morgan fingerprint density at radius 2 is 1.83 bits per heavy atom. The second-order valence-electron chi connectivity index (χ2n) is 6.06. The maximum Gasteiger partial charge on any atom is 0.0619 e. The van der Waals surface area contributed by atoms with Crippen LogP contribution in [0.2, 0.25) is 0 Å². The van der Waals surface area contributed by atoms with Crippen LogP contribution in [-0.2, 0) is 0 Å².